The van der Waals surface area contributed by atoms with E-state index in [9.17, 15) is 4.79 Å². The Morgan fingerprint density at radius 3 is 2.56 bits per heavy atom. The molecule has 0 aliphatic carbocycles. The first kappa shape index (κ1) is 24.6. The number of nitrogens with one attached hydrogen (secondary N) is 2. The van der Waals surface area contributed by atoms with Gasteiger partial charge in [0.1, 0.15) is 11.3 Å². The van der Waals surface area contributed by atoms with Crippen LogP contribution < -0.4 is 10.6 Å². The monoisotopic (exact) mass is 575 g/mol. The summed E-state index contributed by atoms with van der Waals surface area (Å²) in [6, 6.07) is 18.6. The molecule has 0 aliphatic rings. The molecule has 0 saturated carbocycles. The van der Waals surface area contributed by atoms with Gasteiger partial charge in [-0.2, -0.15) is 0 Å². The van der Waals surface area contributed by atoms with Crippen LogP contribution in [0.15, 0.2) is 75.6 Å². The van der Waals surface area contributed by atoms with Gasteiger partial charge in [-0.3, -0.25) is 10.1 Å². The number of thiocarbonyl (C=S) groups is 1. The fourth-order valence-corrected chi connectivity index (χ4v) is 4.32. The Balaban J connectivity index is 1.31. The molecule has 6 nitrogen and oxygen atoms in total. The van der Waals surface area contributed by atoms with Crippen molar-refractivity contribution in [3.05, 3.63) is 92.6 Å². The Labute approximate surface area is 230 Å². The first-order chi connectivity index (χ1) is 17.3. The van der Waals surface area contributed by atoms with Gasteiger partial charge in [0, 0.05) is 16.1 Å². The molecule has 0 bridgehead atoms. The van der Waals surface area contributed by atoms with Crippen molar-refractivity contribution in [1.82, 2.24) is 10.3 Å². The second-order valence-corrected chi connectivity index (χ2v) is 9.54. The zero-order valence-electron chi connectivity index (χ0n) is 17.9. The first-order valence-electron chi connectivity index (χ1n) is 10.3. The van der Waals surface area contributed by atoms with Crippen molar-refractivity contribution in [3.8, 4) is 22.8 Å². The minimum absolute atomic E-state index is 0.0159. The molecule has 2 N–H and O–H groups in total. The fourth-order valence-electron chi connectivity index (χ4n) is 3.40. The highest BCUT2D eigenvalue weighted by Crippen LogP contribution is 2.34. The highest BCUT2D eigenvalue weighted by molar-refractivity contribution is 7.80. The maximum atomic E-state index is 12.7. The molecule has 0 atom stereocenters. The number of carbonyl (C=O) groups is 1. The topological polar surface area (TPSA) is 80.3 Å². The SMILES string of the molecule is O=C(NC(=S)Nc1cc(-c2nc3cc(Cl)ccc3o2)ccc1Cl)c1ccc(-c2cccc(Cl)c2Cl)o1. The number of oxazole rings is 1. The molecule has 5 aromatic rings. The number of anilines is 1. The molecule has 0 fully saturated rings. The van der Waals surface area contributed by atoms with Crippen LogP contribution in [0.5, 0.6) is 0 Å². The van der Waals surface area contributed by atoms with Gasteiger partial charge in [0.05, 0.1) is 20.8 Å². The maximum absolute atomic E-state index is 12.7. The summed E-state index contributed by atoms with van der Waals surface area (Å²) >= 11 is 30.0. The van der Waals surface area contributed by atoms with Gasteiger partial charge in [-0.05, 0) is 72.9 Å². The van der Waals surface area contributed by atoms with Crippen LogP contribution in [0.3, 0.4) is 0 Å². The van der Waals surface area contributed by atoms with Crippen LogP contribution in [-0.4, -0.2) is 16.0 Å². The summed E-state index contributed by atoms with van der Waals surface area (Å²) in [5, 5.41) is 7.14. The minimum atomic E-state index is -0.556. The average molecular weight is 577 g/mol. The van der Waals surface area contributed by atoms with E-state index in [0.717, 1.165) is 0 Å². The highest BCUT2D eigenvalue weighted by Gasteiger charge is 2.17. The Morgan fingerprint density at radius 1 is 0.889 bits per heavy atom. The Kier molecular flexibility index (Phi) is 6.92. The zero-order chi connectivity index (χ0) is 25.4. The third-order valence-electron chi connectivity index (χ3n) is 5.09. The van der Waals surface area contributed by atoms with E-state index in [0.29, 0.717) is 59.7 Å². The summed E-state index contributed by atoms with van der Waals surface area (Å²) in [6.45, 7) is 0. The molecular formula is C25H13Cl4N3O3S. The van der Waals surface area contributed by atoms with Crippen LogP contribution >= 0.6 is 58.6 Å². The van der Waals surface area contributed by atoms with E-state index in [1.54, 1.807) is 60.7 Å². The number of hydrogen-bond acceptors (Lipinski definition) is 5. The summed E-state index contributed by atoms with van der Waals surface area (Å²) in [5.74, 6) is 0.252. The highest BCUT2D eigenvalue weighted by atomic mass is 35.5. The average Bonchev–Trinajstić information content (AvgIpc) is 3.49. The van der Waals surface area contributed by atoms with Gasteiger partial charge in [-0.1, -0.05) is 52.5 Å². The van der Waals surface area contributed by atoms with E-state index in [-0.39, 0.29) is 10.9 Å². The van der Waals surface area contributed by atoms with E-state index < -0.39 is 5.91 Å². The van der Waals surface area contributed by atoms with E-state index in [1.807, 2.05) is 0 Å². The zero-order valence-corrected chi connectivity index (χ0v) is 21.8. The largest absolute Gasteiger partial charge is 0.451 e. The molecule has 2 aromatic heterocycles. The molecule has 11 heteroatoms. The van der Waals surface area contributed by atoms with Crippen LogP contribution in [0, 0.1) is 0 Å². The van der Waals surface area contributed by atoms with Crippen molar-refractivity contribution in [2.75, 3.05) is 5.32 Å². The summed E-state index contributed by atoms with van der Waals surface area (Å²) in [6.07, 6.45) is 0. The second kappa shape index (κ2) is 10.1. The number of fused-ring (bicyclic) bond motifs is 1. The van der Waals surface area contributed by atoms with Gasteiger partial charge < -0.3 is 14.2 Å². The summed E-state index contributed by atoms with van der Waals surface area (Å²) < 4.78 is 11.5. The molecule has 180 valence electrons. The lowest BCUT2D eigenvalue weighted by atomic mass is 10.2. The standard InChI is InChI=1S/C25H13Cl4N3O3S/c26-13-5-7-20-18(11-13)30-24(35-20)12-4-6-15(27)17(10-12)31-25(36)32-23(33)21-9-8-19(34-21)14-2-1-3-16(28)22(14)29/h1-11H,(H2,31,32,33,36). The quantitative estimate of drug-likeness (QED) is 0.209. The normalized spacial score (nSPS) is 11.0. The number of halogens is 4. The predicted octanol–water partition coefficient (Wildman–Crippen LogP) is 8.50. The molecule has 2 heterocycles. The maximum Gasteiger partial charge on any atom is 0.293 e. The number of hydrogen-bond donors (Lipinski definition) is 2. The van der Waals surface area contributed by atoms with E-state index in [2.05, 4.69) is 15.6 Å². The summed E-state index contributed by atoms with van der Waals surface area (Å²) in [5.41, 5.74) is 2.89. The number of nitrogens with zero attached hydrogens (tertiary/aromatic N) is 1. The second-order valence-electron chi connectivity index (χ2n) is 7.50. The van der Waals surface area contributed by atoms with Crippen molar-refractivity contribution in [2.24, 2.45) is 0 Å². The Hall–Kier alpha value is -3.07. The van der Waals surface area contributed by atoms with Crippen LogP contribution in [-0.2, 0) is 0 Å². The van der Waals surface area contributed by atoms with Gasteiger partial charge in [0.25, 0.3) is 5.91 Å². The van der Waals surface area contributed by atoms with Crippen LogP contribution in [0.2, 0.25) is 20.1 Å². The van der Waals surface area contributed by atoms with Crippen molar-refractivity contribution in [3.63, 3.8) is 0 Å². The van der Waals surface area contributed by atoms with Crippen molar-refractivity contribution in [1.29, 1.82) is 0 Å². The van der Waals surface area contributed by atoms with Gasteiger partial charge in [-0.25, -0.2) is 4.98 Å². The third kappa shape index (κ3) is 5.07. The van der Waals surface area contributed by atoms with Gasteiger partial charge >= 0.3 is 0 Å². The smallest absolute Gasteiger partial charge is 0.293 e. The van der Waals surface area contributed by atoms with Crippen molar-refractivity contribution in [2.45, 2.75) is 0 Å². The van der Waals surface area contributed by atoms with E-state index in [1.165, 1.54) is 6.07 Å². The molecule has 1 amide bonds. The fraction of sp³-hybridized carbons (Fsp3) is 0. The lowest BCUT2D eigenvalue weighted by molar-refractivity contribution is 0.0951. The summed E-state index contributed by atoms with van der Waals surface area (Å²) in [7, 11) is 0. The lowest BCUT2D eigenvalue weighted by Gasteiger charge is -2.11. The van der Waals surface area contributed by atoms with Crippen LogP contribution in [0.1, 0.15) is 10.6 Å². The number of carbonyl (C=O) groups excluding carboxylic acids is 1. The minimum Gasteiger partial charge on any atom is -0.451 e. The van der Waals surface area contributed by atoms with Crippen LogP contribution in [0.4, 0.5) is 5.69 Å². The molecule has 0 spiro atoms. The number of rotatable bonds is 4. The number of aromatic nitrogens is 1. The van der Waals surface area contributed by atoms with Crippen LogP contribution in [0.25, 0.3) is 33.9 Å². The van der Waals surface area contributed by atoms with Gasteiger partial charge in [-0.15, -0.1) is 0 Å². The third-order valence-corrected chi connectivity index (χ3v) is 6.67. The molecule has 36 heavy (non-hydrogen) atoms. The molecule has 0 radical (unpaired) electrons. The predicted molar refractivity (Wildman–Crippen MR) is 147 cm³/mol. The lowest BCUT2D eigenvalue weighted by Crippen LogP contribution is -2.34. The Bertz CT molecular complexity index is 1650. The number of furan rings is 1. The molecule has 3 aromatic carbocycles. The first-order valence-corrected chi connectivity index (χ1v) is 12.2. The van der Waals surface area contributed by atoms with Crippen molar-refractivity contribution < 1.29 is 13.6 Å². The van der Waals surface area contributed by atoms with E-state index >= 15 is 0 Å². The van der Waals surface area contributed by atoms with Crippen molar-refractivity contribution >= 4 is 86.4 Å². The summed E-state index contributed by atoms with van der Waals surface area (Å²) in [4.78, 5) is 17.1. The number of benzene rings is 3. The molecule has 0 unspecified atom stereocenters. The molecular weight excluding hydrogens is 564 g/mol. The molecule has 0 saturated heterocycles. The molecule has 0 aliphatic heterocycles. The Morgan fingerprint density at radius 2 is 1.72 bits per heavy atom. The van der Waals surface area contributed by atoms with Gasteiger partial charge in [0.2, 0.25) is 5.89 Å². The molecule has 5 rings (SSSR count). The number of amides is 1. The van der Waals surface area contributed by atoms with E-state index in [4.69, 9.17) is 67.5 Å². The van der Waals surface area contributed by atoms with Gasteiger partial charge in [0.15, 0.2) is 16.5 Å².